The SMILES string of the molecule is CC(O)C(=O)NC(=N)N(C)CC(=O)O. The summed E-state index contributed by atoms with van der Waals surface area (Å²) in [5.41, 5.74) is 0. The summed E-state index contributed by atoms with van der Waals surface area (Å²) in [6.07, 6.45) is -1.23. The topological polar surface area (TPSA) is 114 Å². The molecule has 0 spiro atoms. The molecule has 0 heterocycles. The van der Waals surface area contributed by atoms with Gasteiger partial charge in [0, 0.05) is 7.05 Å². The predicted octanol–water partition coefficient (Wildman–Crippen LogP) is -1.57. The van der Waals surface area contributed by atoms with Crippen LogP contribution in [0.4, 0.5) is 0 Å². The molecular weight excluding hydrogens is 190 g/mol. The molecule has 80 valence electrons. The highest BCUT2D eigenvalue weighted by atomic mass is 16.4. The van der Waals surface area contributed by atoms with Crippen LogP contribution in [-0.2, 0) is 9.59 Å². The highest BCUT2D eigenvalue weighted by molar-refractivity contribution is 5.97. The van der Waals surface area contributed by atoms with Crippen molar-refractivity contribution in [2.45, 2.75) is 13.0 Å². The Morgan fingerprint density at radius 3 is 2.43 bits per heavy atom. The number of carbonyl (C=O) groups excluding carboxylic acids is 1. The van der Waals surface area contributed by atoms with Crippen molar-refractivity contribution in [1.29, 1.82) is 5.41 Å². The lowest BCUT2D eigenvalue weighted by molar-refractivity contribution is -0.137. The molecule has 1 atom stereocenters. The second-order valence-electron chi connectivity index (χ2n) is 2.76. The molecule has 7 heteroatoms. The minimum atomic E-state index is -1.23. The first-order valence-corrected chi connectivity index (χ1v) is 3.85. The summed E-state index contributed by atoms with van der Waals surface area (Å²) in [5, 5.41) is 26.4. The molecule has 0 aliphatic heterocycles. The molecule has 14 heavy (non-hydrogen) atoms. The predicted molar refractivity (Wildman–Crippen MR) is 47.8 cm³/mol. The minimum absolute atomic E-state index is 0.363. The molecule has 1 amide bonds. The van der Waals surface area contributed by atoms with Crippen molar-refractivity contribution in [2.24, 2.45) is 0 Å². The van der Waals surface area contributed by atoms with Crippen molar-refractivity contribution in [3.63, 3.8) is 0 Å². The Kier molecular flexibility index (Phi) is 4.57. The highest BCUT2D eigenvalue weighted by Crippen LogP contribution is 1.85. The molecule has 0 fully saturated rings. The molecule has 0 aromatic rings. The number of nitrogens with zero attached hydrogens (tertiary/aromatic N) is 1. The number of likely N-dealkylation sites (N-methyl/N-ethyl adjacent to an activating group) is 1. The molecule has 0 aliphatic carbocycles. The molecule has 1 unspecified atom stereocenters. The number of aliphatic carboxylic acids is 1. The second-order valence-corrected chi connectivity index (χ2v) is 2.76. The average molecular weight is 203 g/mol. The van der Waals surface area contributed by atoms with E-state index in [4.69, 9.17) is 15.6 Å². The number of guanidine groups is 1. The van der Waals surface area contributed by atoms with Gasteiger partial charge in [0.05, 0.1) is 0 Å². The number of hydrogen-bond acceptors (Lipinski definition) is 4. The lowest BCUT2D eigenvalue weighted by atomic mass is 10.4. The van der Waals surface area contributed by atoms with E-state index in [0.717, 1.165) is 4.90 Å². The Labute approximate surface area is 80.8 Å². The van der Waals surface area contributed by atoms with E-state index in [1.807, 2.05) is 5.32 Å². The van der Waals surface area contributed by atoms with Gasteiger partial charge in [-0.2, -0.15) is 0 Å². The number of nitrogens with one attached hydrogen (secondary N) is 2. The normalized spacial score (nSPS) is 11.6. The van der Waals surface area contributed by atoms with Gasteiger partial charge in [-0.05, 0) is 6.92 Å². The molecule has 0 saturated carbocycles. The fraction of sp³-hybridized carbons (Fsp3) is 0.571. The summed E-state index contributed by atoms with van der Waals surface area (Å²) in [5.74, 6) is -2.21. The fourth-order valence-corrected chi connectivity index (χ4v) is 0.599. The number of carboxylic acid groups (broad SMARTS) is 1. The van der Waals surface area contributed by atoms with Crippen LogP contribution in [0.25, 0.3) is 0 Å². The zero-order valence-corrected chi connectivity index (χ0v) is 7.94. The van der Waals surface area contributed by atoms with Gasteiger partial charge in [-0.3, -0.25) is 20.3 Å². The van der Waals surface area contributed by atoms with Crippen molar-refractivity contribution < 1.29 is 19.8 Å². The van der Waals surface area contributed by atoms with E-state index in [1.54, 1.807) is 0 Å². The number of aliphatic hydroxyl groups excluding tert-OH is 1. The Morgan fingerprint density at radius 2 is 2.07 bits per heavy atom. The average Bonchev–Trinajstić information content (AvgIpc) is 2.02. The zero-order chi connectivity index (χ0) is 11.3. The molecule has 0 aromatic heterocycles. The van der Waals surface area contributed by atoms with Gasteiger partial charge in [0.25, 0.3) is 5.91 Å². The quantitative estimate of drug-likeness (QED) is 0.327. The van der Waals surface area contributed by atoms with Gasteiger partial charge in [-0.15, -0.1) is 0 Å². The first-order valence-electron chi connectivity index (χ1n) is 3.85. The van der Waals surface area contributed by atoms with E-state index >= 15 is 0 Å². The molecule has 0 aromatic carbocycles. The third kappa shape index (κ3) is 4.41. The van der Waals surface area contributed by atoms with E-state index in [0.29, 0.717) is 0 Å². The first-order chi connectivity index (χ1) is 6.34. The zero-order valence-electron chi connectivity index (χ0n) is 7.94. The van der Waals surface area contributed by atoms with Crippen LogP contribution in [0.1, 0.15) is 6.92 Å². The van der Waals surface area contributed by atoms with Gasteiger partial charge in [-0.25, -0.2) is 0 Å². The summed E-state index contributed by atoms with van der Waals surface area (Å²) in [7, 11) is 1.35. The lowest BCUT2D eigenvalue weighted by Crippen LogP contribution is -2.46. The third-order valence-corrected chi connectivity index (χ3v) is 1.38. The Morgan fingerprint density at radius 1 is 1.57 bits per heavy atom. The van der Waals surface area contributed by atoms with Crippen LogP contribution in [0.2, 0.25) is 0 Å². The summed E-state index contributed by atoms with van der Waals surface area (Å²) >= 11 is 0. The summed E-state index contributed by atoms with van der Waals surface area (Å²) in [4.78, 5) is 22.1. The van der Waals surface area contributed by atoms with Crippen molar-refractivity contribution >= 4 is 17.8 Å². The largest absolute Gasteiger partial charge is 0.480 e. The molecule has 0 aliphatic rings. The van der Waals surface area contributed by atoms with Crippen LogP contribution in [0.5, 0.6) is 0 Å². The van der Waals surface area contributed by atoms with Crippen molar-refractivity contribution in [3.05, 3.63) is 0 Å². The van der Waals surface area contributed by atoms with Crippen LogP contribution in [0, 0.1) is 5.41 Å². The van der Waals surface area contributed by atoms with Gasteiger partial charge in [0.1, 0.15) is 12.6 Å². The van der Waals surface area contributed by atoms with Crippen molar-refractivity contribution in [3.8, 4) is 0 Å². The van der Waals surface area contributed by atoms with Gasteiger partial charge in [0.15, 0.2) is 5.96 Å². The molecule has 0 saturated heterocycles. The van der Waals surface area contributed by atoms with Gasteiger partial charge in [0.2, 0.25) is 0 Å². The lowest BCUT2D eigenvalue weighted by Gasteiger charge is -2.18. The molecule has 4 N–H and O–H groups in total. The number of rotatable bonds is 3. The Balaban J connectivity index is 4.08. The van der Waals surface area contributed by atoms with Crippen LogP contribution >= 0.6 is 0 Å². The molecule has 0 bridgehead atoms. The maximum absolute atomic E-state index is 10.9. The summed E-state index contributed by atoms with van der Waals surface area (Å²) in [6.45, 7) is 0.860. The molecule has 0 radical (unpaired) electrons. The van der Waals surface area contributed by atoms with E-state index in [9.17, 15) is 9.59 Å². The summed E-state index contributed by atoms with van der Waals surface area (Å²) in [6, 6.07) is 0. The van der Waals surface area contributed by atoms with E-state index in [-0.39, 0.29) is 12.5 Å². The van der Waals surface area contributed by atoms with Crippen LogP contribution < -0.4 is 5.32 Å². The van der Waals surface area contributed by atoms with Crippen molar-refractivity contribution in [2.75, 3.05) is 13.6 Å². The second kappa shape index (κ2) is 5.18. The van der Waals surface area contributed by atoms with Gasteiger partial charge >= 0.3 is 5.97 Å². The monoisotopic (exact) mass is 203 g/mol. The van der Waals surface area contributed by atoms with Crippen LogP contribution in [0.15, 0.2) is 0 Å². The Bertz CT molecular complexity index is 251. The number of carboxylic acids is 1. The maximum Gasteiger partial charge on any atom is 0.323 e. The van der Waals surface area contributed by atoms with Crippen LogP contribution in [0.3, 0.4) is 0 Å². The number of aliphatic hydroxyl groups is 1. The van der Waals surface area contributed by atoms with E-state index < -0.39 is 18.0 Å². The first kappa shape index (κ1) is 12.4. The van der Waals surface area contributed by atoms with E-state index in [1.165, 1.54) is 14.0 Å². The maximum atomic E-state index is 10.9. The van der Waals surface area contributed by atoms with E-state index in [2.05, 4.69) is 0 Å². The van der Waals surface area contributed by atoms with Gasteiger partial charge < -0.3 is 15.1 Å². The number of hydrogen-bond donors (Lipinski definition) is 4. The molecule has 7 nitrogen and oxygen atoms in total. The standard InChI is InChI=1S/C7H13N3O4/c1-4(11)6(14)9-7(8)10(2)3-5(12)13/h4,11H,3H2,1-2H3,(H,12,13)(H2,8,9,14). The van der Waals surface area contributed by atoms with Gasteiger partial charge in [-0.1, -0.05) is 0 Å². The smallest absolute Gasteiger partial charge is 0.323 e. The highest BCUT2D eigenvalue weighted by Gasteiger charge is 2.14. The molecule has 0 rings (SSSR count). The summed E-state index contributed by atoms with van der Waals surface area (Å²) < 4.78 is 0. The minimum Gasteiger partial charge on any atom is -0.480 e. The number of amides is 1. The number of carbonyl (C=O) groups is 2. The van der Waals surface area contributed by atoms with Crippen molar-refractivity contribution in [1.82, 2.24) is 10.2 Å². The van der Waals surface area contributed by atoms with Crippen LogP contribution in [-0.4, -0.2) is 52.6 Å². The fourth-order valence-electron chi connectivity index (χ4n) is 0.599. The molecular formula is C7H13N3O4. The Hall–Kier alpha value is -1.63. The third-order valence-electron chi connectivity index (χ3n) is 1.38.